The van der Waals surface area contributed by atoms with Gasteiger partial charge in [-0.2, -0.15) is 0 Å². The van der Waals surface area contributed by atoms with Gasteiger partial charge in [0.25, 0.3) is 10.0 Å². The van der Waals surface area contributed by atoms with Crippen molar-refractivity contribution in [1.29, 1.82) is 0 Å². The van der Waals surface area contributed by atoms with E-state index in [9.17, 15) is 13.2 Å². The number of hydrogen-bond donors (Lipinski definition) is 1. The Morgan fingerprint density at radius 2 is 1.68 bits per heavy atom. The molecule has 0 spiro atoms. The van der Waals surface area contributed by atoms with Gasteiger partial charge in [-0.25, -0.2) is 37.1 Å². The molecule has 0 aliphatic heterocycles. The Kier molecular flexibility index (Phi) is 5.21. The summed E-state index contributed by atoms with van der Waals surface area (Å²) in [5.74, 6) is 0.692. The summed E-state index contributed by atoms with van der Waals surface area (Å²) in [7, 11) is -3.82. The highest BCUT2D eigenvalue weighted by Crippen LogP contribution is 2.23. The summed E-state index contributed by atoms with van der Waals surface area (Å²) in [5, 5.41) is 2.51. The van der Waals surface area contributed by atoms with Gasteiger partial charge in [-0.15, -0.1) is 0 Å². The summed E-state index contributed by atoms with van der Waals surface area (Å²) < 4.78 is 33.8. The van der Waals surface area contributed by atoms with E-state index < -0.39 is 16.1 Å². The molecule has 4 heterocycles. The van der Waals surface area contributed by atoms with Crippen LogP contribution in [0.1, 0.15) is 12.5 Å². The van der Waals surface area contributed by atoms with Crippen molar-refractivity contribution in [2.75, 3.05) is 11.9 Å². The van der Waals surface area contributed by atoms with Crippen molar-refractivity contribution in [2.24, 2.45) is 0 Å². The van der Waals surface area contributed by atoms with E-state index in [1.165, 1.54) is 18.6 Å². The van der Waals surface area contributed by atoms with E-state index in [4.69, 9.17) is 4.74 Å². The Morgan fingerprint density at radius 3 is 2.44 bits per heavy atom. The van der Waals surface area contributed by atoms with Crippen LogP contribution in [0.25, 0.3) is 28.1 Å². The smallest absolute Gasteiger partial charge is 0.412 e. The van der Waals surface area contributed by atoms with E-state index in [0.29, 0.717) is 22.5 Å². The number of rotatable bonds is 5. The highest BCUT2D eigenvalue weighted by atomic mass is 32.2. The Hall–Kier alpha value is -4.32. The minimum Gasteiger partial charge on any atom is -0.450 e. The van der Waals surface area contributed by atoms with E-state index in [-0.39, 0.29) is 23.0 Å². The molecule has 0 atom stereocenters. The van der Waals surface area contributed by atoms with Crippen molar-refractivity contribution in [2.45, 2.75) is 18.7 Å². The van der Waals surface area contributed by atoms with Gasteiger partial charge in [0.05, 0.1) is 23.9 Å². The normalized spacial score (nSPS) is 11.7. The lowest BCUT2D eigenvalue weighted by Gasteiger charge is -2.08. The van der Waals surface area contributed by atoms with Gasteiger partial charge in [0.1, 0.15) is 11.0 Å². The van der Waals surface area contributed by atoms with Crippen LogP contribution in [-0.4, -0.2) is 49.6 Å². The number of nitrogens with zero attached hydrogens (tertiary/aromatic N) is 6. The molecule has 0 saturated heterocycles. The van der Waals surface area contributed by atoms with Crippen LogP contribution in [0, 0.1) is 6.92 Å². The molecule has 0 radical (unpaired) electrons. The first kappa shape index (κ1) is 21.5. The second-order valence-corrected chi connectivity index (χ2v) is 9.18. The minimum atomic E-state index is -3.82. The average Bonchev–Trinajstić information content (AvgIpc) is 3.43. The molecule has 5 rings (SSSR count). The molecule has 0 bridgehead atoms. The molecule has 1 N–H and O–H groups in total. The number of anilines is 1. The SMILES string of the molecule is CCOC(=O)Nc1cnc2c(ccn2-c2cnc3c(ccn3S(=O)(=O)c3ccc(C)cc3)n2)n1. The van der Waals surface area contributed by atoms with Crippen LogP contribution in [0.3, 0.4) is 0 Å². The molecule has 12 heteroatoms. The van der Waals surface area contributed by atoms with Crippen molar-refractivity contribution in [1.82, 2.24) is 28.5 Å². The lowest BCUT2D eigenvalue weighted by Crippen LogP contribution is -2.14. The van der Waals surface area contributed by atoms with Gasteiger partial charge in [0.15, 0.2) is 22.9 Å². The quantitative estimate of drug-likeness (QED) is 0.408. The van der Waals surface area contributed by atoms with Crippen LogP contribution in [0.2, 0.25) is 0 Å². The summed E-state index contributed by atoms with van der Waals surface area (Å²) in [6.45, 7) is 3.84. The summed E-state index contributed by atoms with van der Waals surface area (Å²) >= 11 is 0. The van der Waals surface area contributed by atoms with Crippen molar-refractivity contribution < 1.29 is 17.9 Å². The number of aromatic nitrogens is 6. The van der Waals surface area contributed by atoms with Crippen molar-refractivity contribution in [3.8, 4) is 5.82 Å². The standard InChI is InChI=1S/C22H19N7O4S/c1-3-33-22(30)27-18-12-23-20-16(25-18)8-10-28(20)19-13-24-21-17(26-19)9-11-29(21)34(31,32)15-6-4-14(2)5-7-15/h4-13H,3H2,1-2H3,(H,25,27,30). The van der Waals surface area contributed by atoms with Crippen LogP contribution in [-0.2, 0) is 14.8 Å². The topological polar surface area (TPSA) is 134 Å². The molecule has 1 amide bonds. The third-order valence-electron chi connectivity index (χ3n) is 5.06. The molecule has 0 aliphatic rings. The van der Waals surface area contributed by atoms with E-state index in [1.807, 2.05) is 6.92 Å². The largest absolute Gasteiger partial charge is 0.450 e. The lowest BCUT2D eigenvalue weighted by atomic mass is 10.2. The first-order valence-electron chi connectivity index (χ1n) is 10.3. The molecule has 0 fully saturated rings. The molecular weight excluding hydrogens is 458 g/mol. The molecule has 4 aromatic heterocycles. The van der Waals surface area contributed by atoms with Crippen molar-refractivity contribution >= 4 is 44.3 Å². The van der Waals surface area contributed by atoms with Crippen molar-refractivity contribution in [3.05, 3.63) is 66.7 Å². The number of carbonyl (C=O) groups is 1. The average molecular weight is 478 g/mol. The molecule has 0 aliphatic carbocycles. The summed E-state index contributed by atoms with van der Waals surface area (Å²) in [6.07, 6.45) is 5.41. The minimum absolute atomic E-state index is 0.167. The molecular formula is C22H19N7O4S. The summed E-state index contributed by atoms with van der Waals surface area (Å²) in [6, 6.07) is 9.93. The van der Waals surface area contributed by atoms with Crippen molar-refractivity contribution in [3.63, 3.8) is 0 Å². The molecule has 11 nitrogen and oxygen atoms in total. The van der Waals surface area contributed by atoms with Crippen LogP contribution >= 0.6 is 0 Å². The van der Waals surface area contributed by atoms with Gasteiger partial charge < -0.3 is 4.74 Å². The Morgan fingerprint density at radius 1 is 0.971 bits per heavy atom. The third kappa shape index (κ3) is 3.73. The van der Waals surface area contributed by atoms with Gasteiger partial charge in [-0.3, -0.25) is 9.88 Å². The zero-order chi connectivity index (χ0) is 23.9. The summed E-state index contributed by atoms with van der Waals surface area (Å²) in [4.78, 5) is 29.4. The number of carbonyl (C=O) groups excluding carboxylic acids is 1. The van der Waals surface area contributed by atoms with Gasteiger partial charge in [0, 0.05) is 12.4 Å². The molecule has 0 saturated carbocycles. The van der Waals surface area contributed by atoms with Gasteiger partial charge >= 0.3 is 6.09 Å². The number of ether oxygens (including phenoxy) is 1. The number of amides is 1. The second-order valence-electron chi connectivity index (χ2n) is 7.36. The fourth-order valence-electron chi connectivity index (χ4n) is 3.44. The van der Waals surface area contributed by atoms with Crippen LogP contribution in [0.15, 0.2) is 66.1 Å². The number of benzene rings is 1. The second kappa shape index (κ2) is 8.23. The highest BCUT2D eigenvalue weighted by molar-refractivity contribution is 7.90. The number of nitrogens with one attached hydrogen (secondary N) is 1. The third-order valence-corrected chi connectivity index (χ3v) is 6.74. The lowest BCUT2D eigenvalue weighted by molar-refractivity contribution is 0.168. The van der Waals surface area contributed by atoms with Gasteiger partial charge in [0.2, 0.25) is 0 Å². The maximum atomic E-state index is 13.1. The first-order valence-corrected chi connectivity index (χ1v) is 11.8. The molecule has 1 aromatic carbocycles. The predicted octanol–water partition coefficient (Wildman–Crippen LogP) is 3.28. The van der Waals surface area contributed by atoms with E-state index in [0.717, 1.165) is 9.54 Å². The zero-order valence-electron chi connectivity index (χ0n) is 18.2. The van der Waals surface area contributed by atoms with Crippen LogP contribution in [0.5, 0.6) is 0 Å². The van der Waals surface area contributed by atoms with Gasteiger partial charge in [-0.1, -0.05) is 17.7 Å². The molecule has 0 unspecified atom stereocenters. The van der Waals surface area contributed by atoms with Crippen LogP contribution < -0.4 is 5.32 Å². The maximum absolute atomic E-state index is 13.1. The number of fused-ring (bicyclic) bond motifs is 2. The first-order chi connectivity index (χ1) is 16.4. The Balaban J connectivity index is 1.50. The van der Waals surface area contributed by atoms with E-state index in [1.54, 1.807) is 54.1 Å². The summed E-state index contributed by atoms with van der Waals surface area (Å²) in [5.41, 5.74) is 2.61. The number of hydrogen-bond acceptors (Lipinski definition) is 8. The predicted molar refractivity (Wildman–Crippen MR) is 124 cm³/mol. The fourth-order valence-corrected chi connectivity index (χ4v) is 4.74. The molecule has 172 valence electrons. The zero-order valence-corrected chi connectivity index (χ0v) is 19.0. The van der Waals surface area contributed by atoms with Crippen LogP contribution in [0.4, 0.5) is 10.6 Å². The highest BCUT2D eigenvalue weighted by Gasteiger charge is 2.21. The van der Waals surface area contributed by atoms with E-state index in [2.05, 4.69) is 25.3 Å². The monoisotopic (exact) mass is 477 g/mol. The fraction of sp³-hybridized carbons (Fsp3) is 0.136. The molecule has 34 heavy (non-hydrogen) atoms. The maximum Gasteiger partial charge on any atom is 0.412 e. The Bertz CT molecular complexity index is 1640. The van der Waals surface area contributed by atoms with E-state index >= 15 is 0 Å². The Labute approximate surface area is 194 Å². The number of aryl methyl sites for hydroxylation is 1. The molecule has 5 aromatic rings. The van der Waals surface area contributed by atoms with Gasteiger partial charge in [-0.05, 0) is 38.1 Å².